The van der Waals surface area contributed by atoms with Crippen molar-refractivity contribution in [3.05, 3.63) is 23.8 Å². The highest BCUT2D eigenvalue weighted by Gasteiger charge is 2.18. The summed E-state index contributed by atoms with van der Waals surface area (Å²) >= 11 is 0. The monoisotopic (exact) mass is 310 g/mol. The number of nitrogens with one attached hydrogen (secondary N) is 2. The molecule has 0 saturated heterocycles. The van der Waals surface area contributed by atoms with Gasteiger partial charge in [0.25, 0.3) is 0 Å². The Bertz CT molecular complexity index is 572. The molecule has 22 heavy (non-hydrogen) atoms. The van der Waals surface area contributed by atoms with Crippen molar-refractivity contribution in [2.45, 2.75) is 20.0 Å². The quantitative estimate of drug-likeness (QED) is 0.653. The van der Waals surface area contributed by atoms with Gasteiger partial charge in [0.1, 0.15) is 0 Å². The van der Waals surface area contributed by atoms with Gasteiger partial charge in [-0.2, -0.15) is 0 Å². The lowest BCUT2D eigenvalue weighted by atomic mass is 10.2. The van der Waals surface area contributed by atoms with E-state index in [2.05, 4.69) is 20.1 Å². The van der Waals surface area contributed by atoms with E-state index in [9.17, 15) is 14.4 Å². The molecule has 0 heterocycles. The number of hydrogen-bond donors (Lipinski definition) is 2. The first-order valence-electron chi connectivity index (χ1n) is 6.38. The fraction of sp³-hybridized carbons (Fsp3) is 0.357. The summed E-state index contributed by atoms with van der Waals surface area (Å²) in [5.41, 5.74) is 1.61. The van der Waals surface area contributed by atoms with E-state index in [1.807, 2.05) is 0 Å². The third kappa shape index (κ3) is 4.97. The van der Waals surface area contributed by atoms with Crippen molar-refractivity contribution < 1.29 is 28.6 Å². The molecule has 0 bridgehead atoms. The molecule has 2 N–H and O–H groups in total. The number of amides is 2. The summed E-state index contributed by atoms with van der Waals surface area (Å²) in [6.45, 7) is 3.16. The van der Waals surface area contributed by atoms with E-state index in [-0.39, 0.29) is 0 Å². The number of hydrogen-bond acceptors (Lipinski definition) is 6. The zero-order valence-electron chi connectivity index (χ0n) is 12.8. The molecule has 0 aromatic heterocycles. The molecule has 1 rings (SSSR count). The molecule has 1 atom stereocenters. The first-order valence-corrected chi connectivity index (χ1v) is 6.38. The molecule has 2 amide bonds. The van der Waals surface area contributed by atoms with Gasteiger partial charge in [0.2, 0.25) is 0 Å². The molecular weight excluding hydrogens is 292 g/mol. The van der Waals surface area contributed by atoms with Gasteiger partial charge in [-0.3, -0.25) is 10.6 Å². The third-order valence-electron chi connectivity index (χ3n) is 2.72. The lowest BCUT2D eigenvalue weighted by molar-refractivity contribution is -0.149. The van der Waals surface area contributed by atoms with Crippen LogP contribution in [0.2, 0.25) is 0 Å². The predicted octanol–water partition coefficient (Wildman–Crippen LogP) is 2.28. The van der Waals surface area contributed by atoms with Crippen LogP contribution in [0.3, 0.4) is 0 Å². The van der Waals surface area contributed by atoms with Gasteiger partial charge in [0.05, 0.1) is 14.2 Å². The van der Waals surface area contributed by atoms with Crippen molar-refractivity contribution in [3.8, 4) is 0 Å². The molecule has 0 aliphatic heterocycles. The number of ether oxygens (including phenoxy) is 3. The third-order valence-corrected chi connectivity index (χ3v) is 2.72. The summed E-state index contributed by atoms with van der Waals surface area (Å²) in [5.74, 6) is -0.659. The van der Waals surface area contributed by atoms with Gasteiger partial charge in [-0.15, -0.1) is 0 Å². The summed E-state index contributed by atoms with van der Waals surface area (Å²) in [4.78, 5) is 34.1. The first-order chi connectivity index (χ1) is 10.4. The Morgan fingerprint density at radius 2 is 1.73 bits per heavy atom. The van der Waals surface area contributed by atoms with Gasteiger partial charge >= 0.3 is 18.2 Å². The van der Waals surface area contributed by atoms with E-state index in [0.29, 0.717) is 11.4 Å². The molecule has 1 aromatic rings. The molecule has 0 saturated carbocycles. The molecule has 0 radical (unpaired) electrons. The molecule has 0 aliphatic carbocycles. The van der Waals surface area contributed by atoms with Crippen LogP contribution < -0.4 is 10.6 Å². The topological polar surface area (TPSA) is 103 Å². The zero-order valence-corrected chi connectivity index (χ0v) is 12.8. The second-order valence-electron chi connectivity index (χ2n) is 4.34. The van der Waals surface area contributed by atoms with Gasteiger partial charge in [0.15, 0.2) is 6.10 Å². The highest BCUT2D eigenvalue weighted by Crippen LogP contribution is 2.20. The number of aryl methyl sites for hydroxylation is 1. The highest BCUT2D eigenvalue weighted by atomic mass is 16.6. The van der Waals surface area contributed by atoms with Crippen LogP contribution in [0.4, 0.5) is 21.0 Å². The second kappa shape index (κ2) is 7.87. The SMILES string of the molecule is COC(=O)Nc1ccc(C)c(NC(=O)OC(C)C(=O)OC)c1. The van der Waals surface area contributed by atoms with Gasteiger partial charge in [0, 0.05) is 11.4 Å². The van der Waals surface area contributed by atoms with E-state index < -0.39 is 24.3 Å². The molecule has 120 valence electrons. The van der Waals surface area contributed by atoms with Gasteiger partial charge < -0.3 is 14.2 Å². The summed E-state index contributed by atoms with van der Waals surface area (Å²) < 4.78 is 13.8. The number of carbonyl (C=O) groups excluding carboxylic acids is 3. The second-order valence-corrected chi connectivity index (χ2v) is 4.34. The van der Waals surface area contributed by atoms with Crippen LogP contribution in [0.25, 0.3) is 0 Å². The number of benzene rings is 1. The lowest BCUT2D eigenvalue weighted by Gasteiger charge is -2.14. The van der Waals surface area contributed by atoms with Gasteiger partial charge in [-0.25, -0.2) is 14.4 Å². The maximum absolute atomic E-state index is 11.7. The Balaban J connectivity index is 2.75. The van der Waals surface area contributed by atoms with E-state index in [1.165, 1.54) is 27.2 Å². The van der Waals surface area contributed by atoms with Crippen molar-refractivity contribution in [2.75, 3.05) is 24.9 Å². The average Bonchev–Trinajstić information content (AvgIpc) is 2.49. The minimum atomic E-state index is -1.03. The molecule has 8 heteroatoms. The number of carbonyl (C=O) groups is 3. The van der Waals surface area contributed by atoms with E-state index in [1.54, 1.807) is 19.1 Å². The molecule has 1 unspecified atom stereocenters. The zero-order chi connectivity index (χ0) is 16.7. The van der Waals surface area contributed by atoms with Crippen LogP contribution in [0, 0.1) is 6.92 Å². The van der Waals surface area contributed by atoms with Gasteiger partial charge in [-0.1, -0.05) is 6.07 Å². The number of methoxy groups -OCH3 is 2. The molecular formula is C14H18N2O6. The normalized spacial score (nSPS) is 11.1. The van der Waals surface area contributed by atoms with Crippen LogP contribution in [0.1, 0.15) is 12.5 Å². The Labute approximate surface area is 127 Å². The summed E-state index contributed by atoms with van der Waals surface area (Å²) in [5, 5.41) is 4.96. The standard InChI is InChI=1S/C14H18N2O6/c1-8-5-6-10(15-13(18)21-4)7-11(8)16-14(19)22-9(2)12(17)20-3/h5-7,9H,1-4H3,(H,15,18)(H,16,19). The fourth-order valence-corrected chi connectivity index (χ4v) is 1.52. The van der Waals surface area contributed by atoms with Crippen LogP contribution in [0.15, 0.2) is 18.2 Å². The average molecular weight is 310 g/mol. The largest absolute Gasteiger partial charge is 0.466 e. The summed E-state index contributed by atoms with van der Waals surface area (Å²) in [7, 11) is 2.44. The fourth-order valence-electron chi connectivity index (χ4n) is 1.52. The maximum atomic E-state index is 11.7. The van der Waals surface area contributed by atoms with Crippen molar-refractivity contribution in [2.24, 2.45) is 0 Å². The van der Waals surface area contributed by atoms with Crippen molar-refractivity contribution in [1.82, 2.24) is 0 Å². The summed E-state index contributed by atoms with van der Waals surface area (Å²) in [6, 6.07) is 4.89. The Morgan fingerprint density at radius 1 is 1.05 bits per heavy atom. The summed E-state index contributed by atoms with van der Waals surface area (Å²) in [6.07, 6.45) is -2.46. The van der Waals surface area contributed by atoms with Crippen LogP contribution in [0.5, 0.6) is 0 Å². The molecule has 0 fully saturated rings. The molecule has 0 spiro atoms. The number of rotatable bonds is 4. The molecule has 0 aliphatic rings. The Morgan fingerprint density at radius 3 is 2.32 bits per heavy atom. The number of esters is 1. The Hall–Kier alpha value is -2.77. The minimum absolute atomic E-state index is 0.427. The van der Waals surface area contributed by atoms with Crippen molar-refractivity contribution in [1.29, 1.82) is 0 Å². The smallest absolute Gasteiger partial charge is 0.412 e. The molecule has 8 nitrogen and oxygen atoms in total. The predicted molar refractivity (Wildman–Crippen MR) is 78.8 cm³/mol. The molecule has 1 aromatic carbocycles. The van der Waals surface area contributed by atoms with Crippen molar-refractivity contribution in [3.63, 3.8) is 0 Å². The maximum Gasteiger partial charge on any atom is 0.412 e. The highest BCUT2D eigenvalue weighted by molar-refractivity contribution is 5.90. The first kappa shape index (κ1) is 17.3. The van der Waals surface area contributed by atoms with Crippen LogP contribution in [-0.2, 0) is 19.0 Å². The van der Waals surface area contributed by atoms with E-state index in [4.69, 9.17) is 4.74 Å². The van der Waals surface area contributed by atoms with Crippen LogP contribution >= 0.6 is 0 Å². The van der Waals surface area contributed by atoms with Crippen LogP contribution in [-0.4, -0.2) is 38.5 Å². The van der Waals surface area contributed by atoms with E-state index >= 15 is 0 Å². The Kier molecular flexibility index (Phi) is 6.18. The number of anilines is 2. The lowest BCUT2D eigenvalue weighted by Crippen LogP contribution is -2.28. The van der Waals surface area contributed by atoms with Crippen molar-refractivity contribution >= 4 is 29.5 Å². The van der Waals surface area contributed by atoms with Gasteiger partial charge in [-0.05, 0) is 31.5 Å². The minimum Gasteiger partial charge on any atom is -0.466 e. The van der Waals surface area contributed by atoms with E-state index in [0.717, 1.165) is 5.56 Å².